The van der Waals surface area contributed by atoms with Gasteiger partial charge in [-0.15, -0.1) is 12.4 Å². The molecule has 20 heavy (non-hydrogen) atoms. The first-order chi connectivity index (χ1) is 9.02. The fourth-order valence-corrected chi connectivity index (χ4v) is 2.80. The molecule has 1 aliphatic rings. The molecule has 0 radical (unpaired) electrons. The SMILES string of the molecule is Cc1ccccc1C1CCCN1C(=O)C(C)C(C)N.Cl. The Kier molecular flexibility index (Phi) is 6.03. The van der Waals surface area contributed by atoms with Crippen LogP contribution in [0.5, 0.6) is 0 Å². The number of aryl methyl sites for hydroxylation is 1. The molecule has 0 saturated carbocycles. The number of rotatable bonds is 3. The van der Waals surface area contributed by atoms with Gasteiger partial charge in [0.25, 0.3) is 0 Å². The second kappa shape index (κ2) is 7.09. The topological polar surface area (TPSA) is 46.3 Å². The van der Waals surface area contributed by atoms with Crippen LogP contribution >= 0.6 is 12.4 Å². The molecule has 2 rings (SSSR count). The second-order valence-corrected chi connectivity index (χ2v) is 5.69. The Morgan fingerprint density at radius 2 is 2.00 bits per heavy atom. The Morgan fingerprint density at radius 3 is 2.60 bits per heavy atom. The zero-order chi connectivity index (χ0) is 14.0. The van der Waals surface area contributed by atoms with Crippen molar-refractivity contribution in [3.63, 3.8) is 0 Å². The van der Waals surface area contributed by atoms with Gasteiger partial charge in [0.1, 0.15) is 0 Å². The number of amides is 1. The van der Waals surface area contributed by atoms with E-state index in [9.17, 15) is 4.79 Å². The van der Waals surface area contributed by atoms with Crippen molar-refractivity contribution >= 4 is 18.3 Å². The number of nitrogens with two attached hydrogens (primary N) is 1. The zero-order valence-electron chi connectivity index (χ0n) is 12.5. The fraction of sp³-hybridized carbons (Fsp3) is 0.562. The first kappa shape index (κ1) is 17.0. The lowest BCUT2D eigenvalue weighted by molar-refractivity contribution is -0.136. The summed E-state index contributed by atoms with van der Waals surface area (Å²) in [6.07, 6.45) is 2.14. The molecule has 0 aromatic heterocycles. The molecule has 0 aliphatic carbocycles. The maximum absolute atomic E-state index is 12.5. The summed E-state index contributed by atoms with van der Waals surface area (Å²) in [6, 6.07) is 8.50. The third-order valence-electron chi connectivity index (χ3n) is 4.26. The summed E-state index contributed by atoms with van der Waals surface area (Å²) in [4.78, 5) is 14.6. The van der Waals surface area contributed by atoms with Crippen LogP contribution in [0.3, 0.4) is 0 Å². The molecule has 1 heterocycles. The molecule has 0 bridgehead atoms. The summed E-state index contributed by atoms with van der Waals surface area (Å²) in [5.74, 6) is 0.0883. The van der Waals surface area contributed by atoms with Gasteiger partial charge >= 0.3 is 0 Å². The molecule has 1 saturated heterocycles. The van der Waals surface area contributed by atoms with E-state index >= 15 is 0 Å². The average Bonchev–Trinajstić information content (AvgIpc) is 2.86. The van der Waals surface area contributed by atoms with Crippen LogP contribution in [0.1, 0.15) is 43.9 Å². The van der Waals surface area contributed by atoms with E-state index in [1.165, 1.54) is 11.1 Å². The molecule has 2 N–H and O–H groups in total. The number of hydrogen-bond acceptors (Lipinski definition) is 2. The molecule has 1 aromatic carbocycles. The monoisotopic (exact) mass is 296 g/mol. The fourth-order valence-electron chi connectivity index (χ4n) is 2.80. The highest BCUT2D eigenvalue weighted by Gasteiger charge is 2.33. The molecule has 3 atom stereocenters. The van der Waals surface area contributed by atoms with Crippen LogP contribution in [-0.2, 0) is 4.79 Å². The van der Waals surface area contributed by atoms with Crippen LogP contribution in [0.4, 0.5) is 0 Å². The largest absolute Gasteiger partial charge is 0.335 e. The van der Waals surface area contributed by atoms with Gasteiger partial charge in [0.05, 0.1) is 12.0 Å². The van der Waals surface area contributed by atoms with Crippen LogP contribution in [0.25, 0.3) is 0 Å². The maximum atomic E-state index is 12.5. The number of carbonyl (C=O) groups is 1. The van der Waals surface area contributed by atoms with Crippen molar-refractivity contribution in [3.05, 3.63) is 35.4 Å². The van der Waals surface area contributed by atoms with Crippen molar-refractivity contribution in [2.75, 3.05) is 6.54 Å². The zero-order valence-corrected chi connectivity index (χ0v) is 13.3. The lowest BCUT2D eigenvalue weighted by Gasteiger charge is -2.30. The minimum Gasteiger partial charge on any atom is -0.335 e. The predicted molar refractivity (Wildman–Crippen MR) is 84.9 cm³/mol. The molecule has 3 nitrogen and oxygen atoms in total. The van der Waals surface area contributed by atoms with Crippen molar-refractivity contribution < 1.29 is 4.79 Å². The third kappa shape index (κ3) is 3.33. The standard InChI is InChI=1S/C16H24N2O.ClH/c1-11-7-4-5-8-14(11)15-9-6-10-18(15)16(19)12(2)13(3)17;/h4-5,7-8,12-13,15H,6,9-10,17H2,1-3H3;1H. The molecule has 0 spiro atoms. The first-order valence-electron chi connectivity index (χ1n) is 7.14. The molecular formula is C16H25ClN2O. The highest BCUT2D eigenvalue weighted by atomic mass is 35.5. The van der Waals surface area contributed by atoms with Crippen molar-refractivity contribution in [2.45, 2.75) is 45.7 Å². The number of likely N-dealkylation sites (tertiary alicyclic amines) is 1. The normalized spacial score (nSPS) is 21.2. The average molecular weight is 297 g/mol. The van der Waals surface area contributed by atoms with Crippen LogP contribution in [0.2, 0.25) is 0 Å². The number of hydrogen-bond donors (Lipinski definition) is 1. The van der Waals surface area contributed by atoms with E-state index in [4.69, 9.17) is 5.73 Å². The van der Waals surface area contributed by atoms with Crippen molar-refractivity contribution in [1.29, 1.82) is 0 Å². The van der Waals surface area contributed by atoms with Crippen molar-refractivity contribution in [1.82, 2.24) is 4.90 Å². The quantitative estimate of drug-likeness (QED) is 0.932. The molecule has 112 valence electrons. The van der Waals surface area contributed by atoms with Gasteiger partial charge in [-0.1, -0.05) is 31.2 Å². The van der Waals surface area contributed by atoms with E-state index in [-0.39, 0.29) is 36.3 Å². The molecule has 1 aromatic rings. The Labute approximate surface area is 127 Å². The Hall–Kier alpha value is -1.06. The van der Waals surface area contributed by atoms with Crippen LogP contribution in [-0.4, -0.2) is 23.4 Å². The summed E-state index contributed by atoms with van der Waals surface area (Å²) >= 11 is 0. The van der Waals surface area contributed by atoms with E-state index in [2.05, 4.69) is 25.1 Å². The summed E-state index contributed by atoms with van der Waals surface area (Å²) in [7, 11) is 0. The maximum Gasteiger partial charge on any atom is 0.227 e. The van der Waals surface area contributed by atoms with E-state index in [0.717, 1.165) is 19.4 Å². The molecule has 1 fully saturated rings. The summed E-state index contributed by atoms with van der Waals surface area (Å²) in [6.45, 7) is 6.81. The Balaban J connectivity index is 0.00000200. The van der Waals surface area contributed by atoms with E-state index in [1.54, 1.807) is 0 Å². The number of nitrogens with zero attached hydrogens (tertiary/aromatic N) is 1. The van der Waals surface area contributed by atoms with E-state index in [0.29, 0.717) is 0 Å². The summed E-state index contributed by atoms with van der Waals surface area (Å²) < 4.78 is 0. The van der Waals surface area contributed by atoms with Crippen LogP contribution < -0.4 is 5.73 Å². The van der Waals surface area contributed by atoms with Gasteiger partial charge in [0.15, 0.2) is 0 Å². The van der Waals surface area contributed by atoms with Crippen molar-refractivity contribution in [3.8, 4) is 0 Å². The molecule has 4 heteroatoms. The summed E-state index contributed by atoms with van der Waals surface area (Å²) in [5.41, 5.74) is 8.42. The second-order valence-electron chi connectivity index (χ2n) is 5.69. The van der Waals surface area contributed by atoms with Crippen LogP contribution in [0.15, 0.2) is 24.3 Å². The van der Waals surface area contributed by atoms with E-state index < -0.39 is 0 Å². The highest BCUT2D eigenvalue weighted by molar-refractivity contribution is 5.85. The third-order valence-corrected chi connectivity index (χ3v) is 4.26. The van der Waals surface area contributed by atoms with Gasteiger partial charge in [0, 0.05) is 12.6 Å². The lowest BCUT2D eigenvalue weighted by atomic mass is 9.97. The molecular weight excluding hydrogens is 272 g/mol. The predicted octanol–water partition coefficient (Wildman–Crippen LogP) is 3.06. The van der Waals surface area contributed by atoms with Gasteiger partial charge < -0.3 is 10.6 Å². The van der Waals surface area contributed by atoms with Gasteiger partial charge in [-0.2, -0.15) is 0 Å². The summed E-state index contributed by atoms with van der Waals surface area (Å²) in [5, 5.41) is 0. The number of benzene rings is 1. The smallest absolute Gasteiger partial charge is 0.227 e. The molecule has 1 amide bonds. The van der Waals surface area contributed by atoms with Gasteiger partial charge in [-0.05, 0) is 37.8 Å². The highest BCUT2D eigenvalue weighted by Crippen LogP contribution is 2.34. The van der Waals surface area contributed by atoms with E-state index in [1.807, 2.05) is 24.8 Å². The Morgan fingerprint density at radius 1 is 1.35 bits per heavy atom. The number of halogens is 1. The van der Waals surface area contributed by atoms with Gasteiger partial charge in [0.2, 0.25) is 5.91 Å². The molecule has 3 unspecified atom stereocenters. The van der Waals surface area contributed by atoms with Crippen molar-refractivity contribution in [2.24, 2.45) is 11.7 Å². The van der Waals surface area contributed by atoms with Crippen LogP contribution in [0, 0.1) is 12.8 Å². The van der Waals surface area contributed by atoms with Gasteiger partial charge in [-0.3, -0.25) is 4.79 Å². The number of carbonyl (C=O) groups excluding carboxylic acids is 1. The lowest BCUT2D eigenvalue weighted by Crippen LogP contribution is -2.41. The minimum absolute atomic E-state index is 0. The van der Waals surface area contributed by atoms with Gasteiger partial charge in [-0.25, -0.2) is 0 Å². The first-order valence-corrected chi connectivity index (χ1v) is 7.14. The minimum atomic E-state index is -0.107. The molecule has 1 aliphatic heterocycles. The Bertz CT molecular complexity index is 462.